The van der Waals surface area contributed by atoms with Gasteiger partial charge in [-0.05, 0) is 75.9 Å². The third kappa shape index (κ3) is 3.78. The molecule has 1 spiro atoms. The third-order valence-corrected chi connectivity index (χ3v) is 7.34. The predicted octanol–water partition coefficient (Wildman–Crippen LogP) is 5.77. The van der Waals surface area contributed by atoms with Gasteiger partial charge in [0, 0.05) is 6.42 Å². The minimum absolute atomic E-state index is 0.0197. The van der Waals surface area contributed by atoms with Crippen LogP contribution in [-0.4, -0.2) is 27.0 Å². The number of amides is 1. The smallest absolute Gasteiger partial charge is 0.325 e. The average Bonchev–Trinajstić information content (AvgIpc) is 3.02. The average molecular weight is 485 g/mol. The number of alkyl halides is 3. The van der Waals surface area contributed by atoms with Gasteiger partial charge in [0.05, 0.1) is 34.5 Å². The summed E-state index contributed by atoms with van der Waals surface area (Å²) < 4.78 is 40.7. The van der Waals surface area contributed by atoms with E-state index >= 15 is 0 Å². The van der Waals surface area contributed by atoms with E-state index in [9.17, 15) is 18.0 Å². The van der Waals surface area contributed by atoms with Gasteiger partial charge in [-0.25, -0.2) is 0 Å². The highest BCUT2D eigenvalue weighted by molar-refractivity contribution is 7.80. The maximum absolute atomic E-state index is 13.7. The molecule has 176 valence electrons. The Morgan fingerprint density at radius 2 is 1.97 bits per heavy atom. The van der Waals surface area contributed by atoms with E-state index < -0.39 is 28.4 Å². The maximum Gasteiger partial charge on any atom is 0.417 e. The van der Waals surface area contributed by atoms with Crippen LogP contribution in [0.15, 0.2) is 42.0 Å². The molecule has 1 unspecified atom stereocenters. The minimum atomic E-state index is -4.73. The van der Waals surface area contributed by atoms with Gasteiger partial charge < -0.3 is 4.90 Å². The van der Waals surface area contributed by atoms with Crippen LogP contribution >= 0.6 is 12.2 Å². The zero-order valence-electron chi connectivity index (χ0n) is 18.7. The van der Waals surface area contributed by atoms with Crippen molar-refractivity contribution in [1.29, 1.82) is 10.5 Å². The lowest BCUT2D eigenvalue weighted by Gasteiger charge is -2.51. The lowest BCUT2D eigenvalue weighted by molar-refractivity contribution is -0.138. The predicted molar refractivity (Wildman–Crippen MR) is 124 cm³/mol. The molecule has 0 bridgehead atoms. The van der Waals surface area contributed by atoms with Crippen LogP contribution < -0.4 is 4.90 Å². The van der Waals surface area contributed by atoms with Crippen LogP contribution in [0.3, 0.4) is 0 Å². The number of nitriles is 2. The standard InChI is InChI=1S/C25H23F3N4OS/c1-23(12-8-17(9-13-23)5-2-3-14-29)32-22(34)31(21(33)24(32)10-4-11-24)19-7-6-18(16-30)20(15-19)25(26,27)28/h6-9,12,15H,2-5,10-11,13H2,1H3. The lowest BCUT2D eigenvalue weighted by Crippen LogP contribution is -2.62. The van der Waals surface area contributed by atoms with Gasteiger partial charge in [0.1, 0.15) is 5.54 Å². The summed E-state index contributed by atoms with van der Waals surface area (Å²) in [7, 11) is 0. The Morgan fingerprint density at radius 3 is 2.50 bits per heavy atom. The van der Waals surface area contributed by atoms with Crippen molar-refractivity contribution in [2.24, 2.45) is 0 Å². The zero-order valence-corrected chi connectivity index (χ0v) is 19.5. The first-order valence-electron chi connectivity index (χ1n) is 11.1. The molecule has 4 rings (SSSR count). The fourth-order valence-electron chi connectivity index (χ4n) is 5.04. The van der Waals surface area contributed by atoms with Gasteiger partial charge in [-0.1, -0.05) is 23.8 Å². The number of hydrogen-bond acceptors (Lipinski definition) is 4. The van der Waals surface area contributed by atoms with Crippen LogP contribution in [0.1, 0.15) is 63.0 Å². The van der Waals surface area contributed by atoms with Crippen molar-refractivity contribution in [2.75, 3.05) is 4.90 Å². The Kier molecular flexibility index (Phi) is 6.03. The molecule has 1 saturated heterocycles. The molecule has 1 aromatic rings. The first-order valence-corrected chi connectivity index (χ1v) is 11.5. The molecule has 0 N–H and O–H groups in total. The van der Waals surface area contributed by atoms with Crippen molar-refractivity contribution in [3.63, 3.8) is 0 Å². The SMILES string of the molecule is CC1(N2C(=S)N(c3ccc(C#N)c(C(F)(F)F)c3)C(=O)C23CCC3)C=CC(CCCC#N)=CC1. The van der Waals surface area contributed by atoms with Gasteiger partial charge in [-0.15, -0.1) is 0 Å². The zero-order chi connectivity index (χ0) is 24.7. The fraction of sp³-hybridized carbons (Fsp3) is 0.440. The second kappa shape index (κ2) is 8.56. The number of unbranched alkanes of at least 4 members (excludes halogenated alkanes) is 1. The number of benzene rings is 1. The van der Waals surface area contributed by atoms with Gasteiger partial charge in [-0.3, -0.25) is 9.69 Å². The van der Waals surface area contributed by atoms with Crippen molar-refractivity contribution in [2.45, 2.75) is 69.1 Å². The van der Waals surface area contributed by atoms with Gasteiger partial charge in [0.25, 0.3) is 5.91 Å². The monoisotopic (exact) mass is 484 g/mol. The minimum Gasteiger partial charge on any atom is -0.325 e. The summed E-state index contributed by atoms with van der Waals surface area (Å²) >= 11 is 5.73. The molecule has 1 aromatic carbocycles. The Balaban J connectivity index is 1.69. The van der Waals surface area contributed by atoms with Gasteiger partial charge in [0.15, 0.2) is 5.11 Å². The summed E-state index contributed by atoms with van der Waals surface area (Å²) in [6, 6.07) is 6.98. The molecule has 2 aliphatic carbocycles. The quantitative estimate of drug-likeness (QED) is 0.392. The molecule has 0 aromatic heterocycles. The van der Waals surface area contributed by atoms with Crippen LogP contribution in [0, 0.1) is 22.7 Å². The second-order valence-electron chi connectivity index (χ2n) is 9.17. The van der Waals surface area contributed by atoms with E-state index in [0.29, 0.717) is 25.7 Å². The molecule has 1 heterocycles. The molecule has 34 heavy (non-hydrogen) atoms. The highest BCUT2D eigenvalue weighted by Gasteiger charge is 2.62. The van der Waals surface area contributed by atoms with Crippen molar-refractivity contribution < 1.29 is 18.0 Å². The second-order valence-corrected chi connectivity index (χ2v) is 9.53. The number of carbonyl (C=O) groups is 1. The van der Waals surface area contributed by atoms with Crippen molar-refractivity contribution in [1.82, 2.24) is 4.90 Å². The summed E-state index contributed by atoms with van der Waals surface area (Å²) in [4.78, 5) is 16.8. The normalized spacial score (nSPS) is 23.5. The van der Waals surface area contributed by atoms with Crippen LogP contribution in [-0.2, 0) is 11.0 Å². The summed E-state index contributed by atoms with van der Waals surface area (Å²) in [6.07, 6.45) is 5.96. The molecule has 1 aliphatic heterocycles. The van der Waals surface area contributed by atoms with E-state index in [1.807, 2.05) is 24.0 Å². The van der Waals surface area contributed by atoms with Crippen LogP contribution in [0.5, 0.6) is 0 Å². The van der Waals surface area contributed by atoms with E-state index in [0.717, 1.165) is 37.0 Å². The molecule has 1 atom stereocenters. The maximum atomic E-state index is 13.7. The Morgan fingerprint density at radius 1 is 1.24 bits per heavy atom. The number of anilines is 1. The molecule has 2 fully saturated rings. The first-order chi connectivity index (χ1) is 16.1. The van der Waals surface area contributed by atoms with E-state index in [1.54, 1.807) is 6.07 Å². The number of thiocarbonyl (C=S) groups is 1. The van der Waals surface area contributed by atoms with Crippen molar-refractivity contribution >= 4 is 28.9 Å². The number of halogens is 3. The highest BCUT2D eigenvalue weighted by Crippen LogP contribution is 2.51. The number of allylic oxidation sites excluding steroid dienone is 2. The molecular weight excluding hydrogens is 461 g/mol. The lowest BCUT2D eigenvalue weighted by atomic mass is 9.72. The summed E-state index contributed by atoms with van der Waals surface area (Å²) in [5.74, 6) is -0.319. The first kappa shape index (κ1) is 24.0. The molecule has 1 amide bonds. The molecule has 9 heteroatoms. The Labute approximate surface area is 201 Å². The topological polar surface area (TPSA) is 71.1 Å². The molecule has 5 nitrogen and oxygen atoms in total. The molecule has 0 radical (unpaired) electrons. The summed E-state index contributed by atoms with van der Waals surface area (Å²) in [6.45, 7) is 1.98. The number of carbonyl (C=O) groups excluding carboxylic acids is 1. The van der Waals surface area contributed by atoms with Gasteiger partial charge in [0.2, 0.25) is 0 Å². The largest absolute Gasteiger partial charge is 0.417 e. The third-order valence-electron chi connectivity index (χ3n) is 6.98. The number of hydrogen-bond donors (Lipinski definition) is 0. The van der Waals surface area contributed by atoms with Gasteiger partial charge >= 0.3 is 6.18 Å². The van der Waals surface area contributed by atoms with Crippen LogP contribution in [0.25, 0.3) is 0 Å². The van der Waals surface area contributed by atoms with E-state index in [-0.39, 0.29) is 16.7 Å². The number of nitrogens with zero attached hydrogens (tertiary/aromatic N) is 4. The van der Waals surface area contributed by atoms with Crippen LogP contribution in [0.2, 0.25) is 0 Å². The van der Waals surface area contributed by atoms with Crippen LogP contribution in [0.4, 0.5) is 18.9 Å². The van der Waals surface area contributed by atoms with E-state index in [4.69, 9.17) is 22.7 Å². The molecule has 1 saturated carbocycles. The van der Waals surface area contributed by atoms with Gasteiger partial charge in [-0.2, -0.15) is 23.7 Å². The highest BCUT2D eigenvalue weighted by atomic mass is 32.1. The number of rotatable bonds is 5. The summed E-state index contributed by atoms with van der Waals surface area (Å²) in [5, 5.41) is 18.0. The fourth-order valence-corrected chi connectivity index (χ4v) is 5.62. The van der Waals surface area contributed by atoms with E-state index in [2.05, 4.69) is 12.1 Å². The Bertz CT molecular complexity index is 1190. The summed E-state index contributed by atoms with van der Waals surface area (Å²) in [5.41, 5.74) is -1.94. The van der Waals surface area contributed by atoms with Crippen molar-refractivity contribution in [3.8, 4) is 12.1 Å². The van der Waals surface area contributed by atoms with E-state index in [1.165, 1.54) is 11.0 Å². The molecule has 3 aliphatic rings. The van der Waals surface area contributed by atoms with Crippen molar-refractivity contribution in [3.05, 3.63) is 53.1 Å². The molecular formula is C25H23F3N4OS. The Hall–Kier alpha value is -3.17.